The summed E-state index contributed by atoms with van der Waals surface area (Å²) in [6.45, 7) is 3.77. The molecule has 0 bridgehead atoms. The SMILES string of the molecule is CCCNCc1cc(F)cc(SCc2ccc(Cl)cc2)c1. The van der Waals surface area contributed by atoms with Crippen LogP contribution in [0.5, 0.6) is 0 Å². The van der Waals surface area contributed by atoms with Crippen LogP contribution in [0.1, 0.15) is 24.5 Å². The summed E-state index contributed by atoms with van der Waals surface area (Å²) in [4.78, 5) is 0.957. The Labute approximate surface area is 134 Å². The predicted molar refractivity (Wildman–Crippen MR) is 89.4 cm³/mol. The fourth-order valence-corrected chi connectivity index (χ4v) is 3.05. The summed E-state index contributed by atoms with van der Waals surface area (Å²) in [5, 5.41) is 4.03. The summed E-state index contributed by atoms with van der Waals surface area (Å²) in [5.41, 5.74) is 2.17. The highest BCUT2D eigenvalue weighted by atomic mass is 35.5. The second kappa shape index (κ2) is 8.42. The Kier molecular flexibility index (Phi) is 6.55. The molecule has 0 aliphatic carbocycles. The maximum absolute atomic E-state index is 13.7. The van der Waals surface area contributed by atoms with Gasteiger partial charge in [-0.1, -0.05) is 30.7 Å². The quantitative estimate of drug-likeness (QED) is 0.550. The van der Waals surface area contributed by atoms with Gasteiger partial charge in [-0.3, -0.25) is 0 Å². The Morgan fingerprint density at radius 3 is 2.57 bits per heavy atom. The molecule has 0 radical (unpaired) electrons. The topological polar surface area (TPSA) is 12.0 Å². The zero-order chi connectivity index (χ0) is 15.1. The number of hydrogen-bond acceptors (Lipinski definition) is 2. The van der Waals surface area contributed by atoms with E-state index in [-0.39, 0.29) is 5.82 Å². The molecule has 0 amide bonds. The molecular weight excluding hydrogens is 305 g/mol. The van der Waals surface area contributed by atoms with Crippen LogP contribution in [0, 0.1) is 5.82 Å². The highest BCUT2D eigenvalue weighted by Crippen LogP contribution is 2.25. The molecule has 2 rings (SSSR count). The molecule has 21 heavy (non-hydrogen) atoms. The second-order valence-electron chi connectivity index (χ2n) is 4.89. The highest BCUT2D eigenvalue weighted by molar-refractivity contribution is 7.98. The molecule has 0 heterocycles. The van der Waals surface area contributed by atoms with Gasteiger partial charge in [-0.15, -0.1) is 11.8 Å². The first kappa shape index (κ1) is 16.3. The van der Waals surface area contributed by atoms with Crippen LogP contribution in [0.2, 0.25) is 5.02 Å². The summed E-state index contributed by atoms with van der Waals surface area (Å²) >= 11 is 7.50. The van der Waals surface area contributed by atoms with Crippen molar-refractivity contribution in [1.82, 2.24) is 5.32 Å². The zero-order valence-electron chi connectivity index (χ0n) is 12.0. The van der Waals surface area contributed by atoms with Crippen LogP contribution in [0.15, 0.2) is 47.4 Å². The fraction of sp³-hybridized carbons (Fsp3) is 0.294. The van der Waals surface area contributed by atoms with Crippen molar-refractivity contribution in [1.29, 1.82) is 0 Å². The van der Waals surface area contributed by atoms with Gasteiger partial charge in [0, 0.05) is 22.2 Å². The van der Waals surface area contributed by atoms with E-state index in [1.54, 1.807) is 23.9 Å². The molecule has 0 spiro atoms. The van der Waals surface area contributed by atoms with Crippen molar-refractivity contribution < 1.29 is 4.39 Å². The molecule has 0 unspecified atom stereocenters. The van der Waals surface area contributed by atoms with E-state index in [1.165, 1.54) is 5.56 Å². The van der Waals surface area contributed by atoms with Gasteiger partial charge >= 0.3 is 0 Å². The van der Waals surface area contributed by atoms with E-state index in [2.05, 4.69) is 12.2 Å². The van der Waals surface area contributed by atoms with Gasteiger partial charge in [0.25, 0.3) is 0 Å². The van der Waals surface area contributed by atoms with Gasteiger partial charge in [0.2, 0.25) is 0 Å². The van der Waals surface area contributed by atoms with Gasteiger partial charge in [0.1, 0.15) is 5.82 Å². The lowest BCUT2D eigenvalue weighted by Crippen LogP contribution is -2.13. The summed E-state index contributed by atoms with van der Waals surface area (Å²) in [5.74, 6) is 0.632. The van der Waals surface area contributed by atoms with Gasteiger partial charge < -0.3 is 5.32 Å². The van der Waals surface area contributed by atoms with E-state index >= 15 is 0 Å². The molecule has 0 saturated heterocycles. The predicted octanol–water partition coefficient (Wildman–Crippen LogP) is 5.27. The van der Waals surface area contributed by atoms with Crippen LogP contribution >= 0.6 is 23.4 Å². The first-order valence-corrected chi connectivity index (χ1v) is 8.41. The summed E-state index contributed by atoms with van der Waals surface area (Å²) < 4.78 is 13.7. The lowest BCUT2D eigenvalue weighted by atomic mass is 10.2. The van der Waals surface area contributed by atoms with Crippen molar-refractivity contribution in [3.8, 4) is 0 Å². The molecule has 2 aromatic rings. The molecule has 0 aliphatic heterocycles. The third kappa shape index (κ3) is 5.70. The summed E-state index contributed by atoms with van der Waals surface area (Å²) in [6, 6.07) is 13.0. The molecule has 0 aromatic heterocycles. The van der Waals surface area contributed by atoms with Crippen molar-refractivity contribution in [2.75, 3.05) is 6.54 Å². The molecule has 0 fully saturated rings. The second-order valence-corrected chi connectivity index (χ2v) is 6.37. The number of halogens is 2. The minimum atomic E-state index is -0.176. The highest BCUT2D eigenvalue weighted by Gasteiger charge is 2.03. The summed E-state index contributed by atoms with van der Waals surface area (Å²) in [6.07, 6.45) is 1.08. The van der Waals surface area contributed by atoms with Crippen molar-refractivity contribution in [2.24, 2.45) is 0 Å². The van der Waals surface area contributed by atoms with E-state index in [1.807, 2.05) is 30.3 Å². The van der Waals surface area contributed by atoms with E-state index in [4.69, 9.17) is 11.6 Å². The average Bonchev–Trinajstić information content (AvgIpc) is 2.46. The third-order valence-electron chi connectivity index (χ3n) is 3.01. The average molecular weight is 324 g/mol. The van der Waals surface area contributed by atoms with Crippen LogP contribution in [-0.2, 0) is 12.3 Å². The number of benzene rings is 2. The van der Waals surface area contributed by atoms with E-state index in [0.29, 0.717) is 6.54 Å². The maximum atomic E-state index is 13.7. The molecule has 2 aromatic carbocycles. The Morgan fingerprint density at radius 1 is 1.10 bits per heavy atom. The van der Waals surface area contributed by atoms with Crippen LogP contribution in [0.4, 0.5) is 4.39 Å². The van der Waals surface area contributed by atoms with E-state index < -0.39 is 0 Å². The molecular formula is C17H19ClFNS. The molecule has 112 valence electrons. The molecule has 1 N–H and O–H groups in total. The lowest BCUT2D eigenvalue weighted by molar-refractivity contribution is 0.615. The largest absolute Gasteiger partial charge is 0.313 e. The number of thioether (sulfide) groups is 1. The van der Waals surface area contributed by atoms with Crippen molar-refractivity contribution in [2.45, 2.75) is 30.5 Å². The Hall–Kier alpha value is -1.03. The van der Waals surface area contributed by atoms with Crippen LogP contribution in [-0.4, -0.2) is 6.54 Å². The monoisotopic (exact) mass is 323 g/mol. The fourth-order valence-electron chi connectivity index (χ4n) is 1.96. The molecule has 0 atom stereocenters. The van der Waals surface area contributed by atoms with Crippen molar-refractivity contribution >= 4 is 23.4 Å². The first-order valence-electron chi connectivity index (χ1n) is 7.05. The number of nitrogens with one attached hydrogen (secondary N) is 1. The van der Waals surface area contributed by atoms with Crippen LogP contribution < -0.4 is 5.32 Å². The van der Waals surface area contributed by atoms with E-state index in [0.717, 1.165) is 34.2 Å². The number of rotatable bonds is 7. The first-order chi connectivity index (χ1) is 10.2. The van der Waals surface area contributed by atoms with Gasteiger partial charge in [-0.25, -0.2) is 4.39 Å². The van der Waals surface area contributed by atoms with Gasteiger partial charge in [-0.2, -0.15) is 0 Å². The normalized spacial score (nSPS) is 10.8. The molecule has 4 heteroatoms. The van der Waals surface area contributed by atoms with Crippen molar-refractivity contribution in [3.05, 3.63) is 64.4 Å². The Balaban J connectivity index is 1.97. The standard InChI is InChI=1S/C17H19ClFNS/c1-2-7-20-11-14-8-16(19)10-17(9-14)21-12-13-3-5-15(18)6-4-13/h3-6,8-10,20H,2,7,11-12H2,1H3. The van der Waals surface area contributed by atoms with Crippen LogP contribution in [0.3, 0.4) is 0 Å². The van der Waals surface area contributed by atoms with Gasteiger partial charge in [0.05, 0.1) is 0 Å². The maximum Gasteiger partial charge on any atom is 0.124 e. The zero-order valence-corrected chi connectivity index (χ0v) is 13.6. The minimum absolute atomic E-state index is 0.176. The van der Waals surface area contributed by atoms with Gasteiger partial charge in [0.15, 0.2) is 0 Å². The molecule has 1 nitrogen and oxygen atoms in total. The summed E-state index contributed by atoms with van der Waals surface area (Å²) in [7, 11) is 0. The third-order valence-corrected chi connectivity index (χ3v) is 4.30. The minimum Gasteiger partial charge on any atom is -0.313 e. The Bertz CT molecular complexity index is 572. The smallest absolute Gasteiger partial charge is 0.124 e. The van der Waals surface area contributed by atoms with Gasteiger partial charge in [-0.05, 0) is 54.4 Å². The van der Waals surface area contributed by atoms with Crippen molar-refractivity contribution in [3.63, 3.8) is 0 Å². The lowest BCUT2D eigenvalue weighted by Gasteiger charge is -2.07. The molecule has 0 saturated carbocycles. The number of hydrogen-bond donors (Lipinski definition) is 1. The Morgan fingerprint density at radius 2 is 1.86 bits per heavy atom. The van der Waals surface area contributed by atoms with Crippen LogP contribution in [0.25, 0.3) is 0 Å². The molecule has 0 aliphatic rings. The van der Waals surface area contributed by atoms with E-state index in [9.17, 15) is 4.39 Å².